The Morgan fingerprint density at radius 2 is 1.68 bits per heavy atom. The van der Waals surface area contributed by atoms with Crippen LogP contribution >= 0.6 is 0 Å². The highest BCUT2D eigenvalue weighted by atomic mass is 32.2. The van der Waals surface area contributed by atoms with Gasteiger partial charge in [-0.2, -0.15) is 4.98 Å². The van der Waals surface area contributed by atoms with Crippen molar-refractivity contribution in [2.75, 3.05) is 87.5 Å². The Morgan fingerprint density at radius 1 is 0.871 bits per heavy atom. The van der Waals surface area contributed by atoms with Crippen LogP contribution in [0.2, 0.25) is 0 Å². The van der Waals surface area contributed by atoms with Crippen LogP contribution in [-0.2, 0) is 19.5 Å². The van der Waals surface area contributed by atoms with Gasteiger partial charge in [0.05, 0.1) is 58.5 Å². The molecule has 23 heteroatoms. The van der Waals surface area contributed by atoms with Crippen LogP contribution in [0.5, 0.6) is 23.1 Å². The van der Waals surface area contributed by atoms with Gasteiger partial charge in [-0.3, -0.25) is 24.7 Å². The zero-order valence-electron chi connectivity index (χ0n) is 47.5. The number of hydrogen-bond donors (Lipinski definition) is 3. The van der Waals surface area contributed by atoms with Crippen molar-refractivity contribution in [3.63, 3.8) is 0 Å². The number of halogens is 2. The first kappa shape index (κ1) is 55.6. The molecule has 8 aliphatic rings. The standard InChI is InChI=1S/C62H69F2N9O11S/c1-36(2)83-54-6-4-3-5-43(54)53-33-70(48-13-24-81-58-45(48)26-39(63)27-46(58)64)19-20-71(53)41-31-62(32-41)14-17-69(18-15-62)40-7-8-44(50(28-40)72-49-12-23-80-35-56(49)84-61-52(72)25-38-9-16-65-59(38)67-61)60(74)68-85(77,78)42-29-51(73(75)76)57-55(30-42)82-34-47(66-57)37-10-21-79-22-11-37/h3-9,16,25-30,36-37,41,47-49,53,56,66H,10-15,17-24,31-35H2,1-2H3,(H,65,67)(H,68,74)/t47-,48-,49-,53-,56-/m0/s1. The number of carbonyl (C=O) groups excluding carboxylic acids is 1. The predicted molar refractivity (Wildman–Crippen MR) is 312 cm³/mol. The zero-order chi connectivity index (χ0) is 58.3. The monoisotopic (exact) mass is 1190 g/mol. The summed E-state index contributed by atoms with van der Waals surface area (Å²) < 4.78 is 97.5. The van der Waals surface area contributed by atoms with Gasteiger partial charge in [-0.25, -0.2) is 21.9 Å². The third-order valence-corrected chi connectivity index (χ3v) is 20.3. The number of hydrogen-bond acceptors (Lipinski definition) is 17. The number of ether oxygens (including phenoxy) is 6. The summed E-state index contributed by atoms with van der Waals surface area (Å²) in [5.74, 6) is -0.760. The first-order chi connectivity index (χ1) is 41.2. The highest BCUT2D eigenvalue weighted by molar-refractivity contribution is 7.90. The molecule has 5 fully saturated rings. The molecule has 0 bridgehead atoms. The van der Waals surface area contributed by atoms with Crippen LogP contribution < -0.4 is 38.8 Å². The van der Waals surface area contributed by atoms with E-state index in [-0.39, 0.29) is 77.6 Å². The maximum atomic E-state index is 15.1. The number of aromatic amines is 1. The molecule has 1 amide bonds. The molecule has 20 nitrogen and oxygen atoms in total. The summed E-state index contributed by atoms with van der Waals surface area (Å²) in [6.45, 7) is 10.0. The van der Waals surface area contributed by atoms with Gasteiger partial charge in [-0.15, -0.1) is 0 Å². The average molecular weight is 1190 g/mol. The maximum absolute atomic E-state index is 15.1. The van der Waals surface area contributed by atoms with Crippen molar-refractivity contribution in [2.24, 2.45) is 11.3 Å². The second-order valence-corrected chi connectivity index (χ2v) is 26.0. The SMILES string of the molecule is CC(C)Oc1ccccc1[C@@H]1CN([C@H]2CCOc3c(F)cc(F)cc32)CCN1C1CC2(CCN(c3ccc(C(=O)NS(=O)(=O)c4cc5c(c([N+](=O)[O-])c4)N[C@H](C4CCOCC4)CO5)c(N4c5cc6cc[nH]c6nc5O[C@H]5COCC[C@@H]54)c3)CC2)C1. The Balaban J connectivity index is 0.740. The first-order valence-corrected chi connectivity index (χ1v) is 31.3. The number of piperazine rings is 1. The number of sulfonamides is 1. The van der Waals surface area contributed by atoms with Crippen molar-refractivity contribution in [3.8, 4) is 23.1 Å². The minimum absolute atomic E-state index is 0.00688. The number of nitro groups is 1. The summed E-state index contributed by atoms with van der Waals surface area (Å²) in [6.07, 6.45) is 7.78. The number of amides is 1. The number of para-hydroxylation sites is 1. The van der Waals surface area contributed by atoms with E-state index in [4.69, 9.17) is 33.4 Å². The van der Waals surface area contributed by atoms with Crippen LogP contribution in [0.4, 0.5) is 37.2 Å². The van der Waals surface area contributed by atoms with E-state index in [2.05, 4.69) is 46.8 Å². The lowest BCUT2D eigenvalue weighted by molar-refractivity contribution is -0.384. The highest BCUT2D eigenvalue weighted by Gasteiger charge is 2.51. The first-order valence-electron chi connectivity index (χ1n) is 29.8. The maximum Gasteiger partial charge on any atom is 0.297 e. The Bertz CT molecular complexity index is 3680. The Morgan fingerprint density at radius 3 is 2.49 bits per heavy atom. The second-order valence-electron chi connectivity index (χ2n) is 24.4. The number of nitrogens with zero attached hydrogens (tertiary/aromatic N) is 6. The molecule has 9 heterocycles. The van der Waals surface area contributed by atoms with E-state index in [9.17, 15) is 27.7 Å². The van der Waals surface area contributed by atoms with E-state index >= 15 is 4.39 Å². The third kappa shape index (κ3) is 10.4. The number of carbonyl (C=O) groups is 1. The van der Waals surface area contributed by atoms with E-state index in [0.29, 0.717) is 80.3 Å². The molecule has 448 valence electrons. The van der Waals surface area contributed by atoms with Crippen molar-refractivity contribution in [1.82, 2.24) is 24.5 Å². The molecular formula is C62H69F2N9O11S. The van der Waals surface area contributed by atoms with Gasteiger partial charge < -0.3 is 48.5 Å². The van der Waals surface area contributed by atoms with Gasteiger partial charge in [0.25, 0.3) is 21.6 Å². The molecule has 0 unspecified atom stereocenters. The number of nitro benzene ring substituents is 1. The molecule has 6 aromatic rings. The van der Waals surface area contributed by atoms with Crippen LogP contribution in [0, 0.1) is 33.1 Å². The quantitative estimate of drug-likeness (QED) is 0.0768. The number of benzene rings is 4. The summed E-state index contributed by atoms with van der Waals surface area (Å²) in [5.41, 5.74) is 3.94. The van der Waals surface area contributed by atoms with Gasteiger partial charge in [0.15, 0.2) is 23.0 Å². The number of aromatic nitrogens is 2. The van der Waals surface area contributed by atoms with Crippen molar-refractivity contribution in [1.29, 1.82) is 0 Å². The number of anilines is 4. The lowest BCUT2D eigenvalue weighted by atomic mass is 9.59. The summed E-state index contributed by atoms with van der Waals surface area (Å²) in [7, 11) is -4.74. The Labute approximate surface area is 491 Å². The van der Waals surface area contributed by atoms with Crippen LogP contribution in [-0.4, -0.2) is 142 Å². The predicted octanol–water partition coefficient (Wildman–Crippen LogP) is 9.57. The van der Waals surface area contributed by atoms with Gasteiger partial charge in [-0.05, 0) is 113 Å². The normalized spacial score (nSPS) is 24.4. The molecule has 4 saturated heterocycles. The Hall–Kier alpha value is -7.31. The minimum Gasteiger partial charge on any atom is -0.491 e. The van der Waals surface area contributed by atoms with Crippen LogP contribution in [0.25, 0.3) is 11.0 Å². The van der Waals surface area contributed by atoms with Gasteiger partial charge >= 0.3 is 0 Å². The number of rotatable bonds is 12. The van der Waals surface area contributed by atoms with E-state index in [1.54, 1.807) is 12.3 Å². The van der Waals surface area contributed by atoms with Crippen LogP contribution in [0.1, 0.15) is 98.8 Å². The molecule has 7 aliphatic heterocycles. The number of pyridine rings is 1. The second kappa shape index (κ2) is 22.2. The number of fused-ring (bicyclic) bond motifs is 5. The average Bonchev–Trinajstić information content (AvgIpc) is 2.87. The number of H-pyrrole nitrogens is 1. The molecule has 1 spiro atoms. The molecule has 2 aromatic heterocycles. The fraction of sp³-hybridized carbons (Fsp3) is 0.484. The van der Waals surface area contributed by atoms with E-state index < -0.39 is 49.2 Å². The van der Waals surface area contributed by atoms with Crippen molar-refractivity contribution in [2.45, 2.75) is 113 Å². The zero-order valence-corrected chi connectivity index (χ0v) is 48.3. The van der Waals surface area contributed by atoms with E-state index in [1.807, 2.05) is 50.2 Å². The third-order valence-electron chi connectivity index (χ3n) is 19.0. The lowest BCUT2D eigenvalue weighted by Crippen LogP contribution is -2.60. The fourth-order valence-corrected chi connectivity index (χ4v) is 15.8. The number of piperidine rings is 1. The summed E-state index contributed by atoms with van der Waals surface area (Å²) in [6, 6.07) is 21.6. The Kier molecular flexibility index (Phi) is 14.5. The molecule has 1 aliphatic carbocycles. The highest BCUT2D eigenvalue weighted by Crippen LogP contribution is 2.55. The topological polar surface area (TPSA) is 215 Å². The molecule has 0 radical (unpaired) electrons. The minimum atomic E-state index is -4.74. The molecule has 4 aromatic carbocycles. The van der Waals surface area contributed by atoms with E-state index in [0.717, 1.165) is 99.2 Å². The molecular weight excluding hydrogens is 1120 g/mol. The lowest BCUT2D eigenvalue weighted by Gasteiger charge is -2.59. The smallest absolute Gasteiger partial charge is 0.297 e. The van der Waals surface area contributed by atoms with Gasteiger partial charge in [0.1, 0.15) is 35.6 Å². The van der Waals surface area contributed by atoms with Gasteiger partial charge in [0.2, 0.25) is 5.88 Å². The summed E-state index contributed by atoms with van der Waals surface area (Å²) >= 11 is 0. The van der Waals surface area contributed by atoms with Gasteiger partial charge in [-0.1, -0.05) is 18.2 Å². The van der Waals surface area contributed by atoms with Crippen LogP contribution in [0.15, 0.2) is 90.0 Å². The van der Waals surface area contributed by atoms with Crippen LogP contribution in [0.3, 0.4) is 0 Å². The largest absolute Gasteiger partial charge is 0.491 e. The molecule has 5 atom stereocenters. The summed E-state index contributed by atoms with van der Waals surface area (Å²) in [4.78, 5) is 43.9. The molecule has 14 rings (SSSR count). The van der Waals surface area contributed by atoms with Gasteiger partial charge in [0, 0.05) is 118 Å². The molecule has 3 N–H and O–H groups in total. The molecule has 1 saturated carbocycles. The van der Waals surface area contributed by atoms with Crippen molar-refractivity contribution >= 4 is 55.4 Å². The molecule has 85 heavy (non-hydrogen) atoms. The van der Waals surface area contributed by atoms with Crippen molar-refractivity contribution < 1.29 is 55.3 Å². The van der Waals surface area contributed by atoms with E-state index in [1.165, 1.54) is 12.1 Å². The summed E-state index contributed by atoms with van der Waals surface area (Å²) in [5, 5.41) is 16.7. The number of nitrogens with one attached hydrogen (secondary N) is 3. The van der Waals surface area contributed by atoms with Crippen molar-refractivity contribution in [3.05, 3.63) is 123 Å². The fourth-order valence-electron chi connectivity index (χ4n) is 14.8.